The molecule has 0 saturated heterocycles. The van der Waals surface area contributed by atoms with Gasteiger partial charge in [0.1, 0.15) is 5.75 Å². The third kappa shape index (κ3) is 4.01. The lowest BCUT2D eigenvalue weighted by molar-refractivity contribution is -0.115. The zero-order chi connectivity index (χ0) is 17.9. The normalized spacial score (nSPS) is 11.0. The monoisotopic (exact) mass is 354 g/mol. The lowest BCUT2D eigenvalue weighted by Gasteiger charge is -2.11. The summed E-state index contributed by atoms with van der Waals surface area (Å²) in [5.74, 6) is -1.68. The van der Waals surface area contributed by atoms with Crippen molar-refractivity contribution in [1.82, 2.24) is 9.97 Å². The maximum absolute atomic E-state index is 12.3. The molecule has 5 N–H and O–H groups in total. The van der Waals surface area contributed by atoms with Crippen LogP contribution in [0.2, 0.25) is 0 Å². The number of benzene rings is 1. The largest absolute Gasteiger partial charge is 0.506 e. The lowest BCUT2D eigenvalue weighted by Crippen LogP contribution is -2.15. The van der Waals surface area contributed by atoms with Gasteiger partial charge in [-0.05, 0) is 18.2 Å². The fourth-order valence-corrected chi connectivity index (χ4v) is 2.71. The highest BCUT2D eigenvalue weighted by Crippen LogP contribution is 2.28. The standard InChI is InChI=1S/C13H14N4O6S/c1-2-11(19)14-8-5-7(3-4-9(8)18)24(22,23)17-10-6-12(20)16-13(21)15-10/h3-6,18H,2H2,1H3,(H,14,19)(H3,15,16,17,20,21). The van der Waals surface area contributed by atoms with E-state index in [2.05, 4.69) is 15.3 Å². The summed E-state index contributed by atoms with van der Waals surface area (Å²) in [5, 5.41) is 30.5. The van der Waals surface area contributed by atoms with E-state index in [0.29, 0.717) is 0 Å². The number of phenolic OH excluding ortho intramolecular Hbond substituents is 1. The maximum atomic E-state index is 12.3. The molecule has 2 aromatic rings. The van der Waals surface area contributed by atoms with Crippen molar-refractivity contribution in [3.8, 4) is 17.6 Å². The molecule has 0 unspecified atom stereocenters. The minimum absolute atomic E-state index is 0.0712. The van der Waals surface area contributed by atoms with E-state index < -0.39 is 27.8 Å². The van der Waals surface area contributed by atoms with Crippen LogP contribution in [-0.2, 0) is 14.8 Å². The predicted octanol–water partition coefficient (Wildman–Crippen LogP) is 0.743. The zero-order valence-electron chi connectivity index (χ0n) is 12.4. The summed E-state index contributed by atoms with van der Waals surface area (Å²) in [6.07, 6.45) is 0.147. The van der Waals surface area contributed by atoms with Gasteiger partial charge in [-0.25, -0.2) is 8.42 Å². The first-order valence-electron chi connectivity index (χ1n) is 6.64. The number of aromatic hydroxyl groups is 3. The lowest BCUT2D eigenvalue weighted by atomic mass is 10.3. The number of amides is 1. The van der Waals surface area contributed by atoms with Gasteiger partial charge in [0, 0.05) is 12.5 Å². The fraction of sp³-hybridized carbons (Fsp3) is 0.154. The summed E-state index contributed by atoms with van der Waals surface area (Å²) >= 11 is 0. The molecule has 11 heteroatoms. The number of nitrogens with zero attached hydrogens (tertiary/aromatic N) is 2. The molecule has 0 radical (unpaired) electrons. The van der Waals surface area contributed by atoms with E-state index in [4.69, 9.17) is 0 Å². The van der Waals surface area contributed by atoms with Gasteiger partial charge in [0.25, 0.3) is 10.0 Å². The smallest absolute Gasteiger partial charge is 0.319 e. The van der Waals surface area contributed by atoms with E-state index in [9.17, 15) is 28.5 Å². The van der Waals surface area contributed by atoms with Gasteiger partial charge < -0.3 is 20.6 Å². The molecular weight excluding hydrogens is 340 g/mol. The van der Waals surface area contributed by atoms with E-state index in [1.54, 1.807) is 6.92 Å². The number of hydrogen-bond acceptors (Lipinski definition) is 8. The number of carbonyl (C=O) groups is 1. The molecule has 0 saturated carbocycles. The van der Waals surface area contributed by atoms with Gasteiger partial charge in [0.15, 0.2) is 5.82 Å². The van der Waals surface area contributed by atoms with E-state index >= 15 is 0 Å². The summed E-state index contributed by atoms with van der Waals surface area (Å²) in [7, 11) is -4.15. The third-order valence-corrected chi connectivity index (χ3v) is 4.17. The number of nitrogens with one attached hydrogen (secondary N) is 2. The molecule has 128 valence electrons. The van der Waals surface area contributed by atoms with Gasteiger partial charge >= 0.3 is 6.01 Å². The van der Waals surface area contributed by atoms with Crippen LogP contribution in [-0.4, -0.2) is 39.6 Å². The van der Waals surface area contributed by atoms with Gasteiger partial charge in [0.05, 0.1) is 10.6 Å². The van der Waals surface area contributed by atoms with Crippen LogP contribution in [0.15, 0.2) is 29.2 Å². The molecule has 1 aromatic carbocycles. The Hall–Kier alpha value is -3.08. The van der Waals surface area contributed by atoms with Crippen molar-refractivity contribution in [3.05, 3.63) is 24.3 Å². The van der Waals surface area contributed by atoms with Gasteiger partial charge in [-0.1, -0.05) is 6.92 Å². The average Bonchev–Trinajstić information content (AvgIpc) is 2.47. The first-order valence-corrected chi connectivity index (χ1v) is 8.12. The van der Waals surface area contributed by atoms with Crippen molar-refractivity contribution in [1.29, 1.82) is 0 Å². The number of carbonyl (C=O) groups excluding carboxylic acids is 1. The number of anilines is 2. The van der Waals surface area contributed by atoms with Gasteiger partial charge in [-0.2, -0.15) is 9.97 Å². The number of rotatable bonds is 5. The molecule has 0 spiro atoms. The molecule has 1 heterocycles. The minimum atomic E-state index is -4.15. The molecule has 10 nitrogen and oxygen atoms in total. The van der Waals surface area contributed by atoms with E-state index in [1.165, 1.54) is 0 Å². The molecule has 2 rings (SSSR count). The molecule has 0 atom stereocenters. The maximum Gasteiger partial charge on any atom is 0.319 e. The number of aromatic nitrogens is 2. The molecular formula is C13H14N4O6S. The van der Waals surface area contributed by atoms with Crippen LogP contribution in [0.3, 0.4) is 0 Å². The molecule has 0 bridgehead atoms. The summed E-state index contributed by atoms with van der Waals surface area (Å²) in [6.45, 7) is 1.60. The second-order valence-corrected chi connectivity index (χ2v) is 6.28. The minimum Gasteiger partial charge on any atom is -0.506 e. The van der Waals surface area contributed by atoms with Crippen LogP contribution in [0, 0.1) is 0 Å². The number of sulfonamides is 1. The van der Waals surface area contributed by atoms with Crippen molar-refractivity contribution in [2.75, 3.05) is 10.0 Å². The Balaban J connectivity index is 2.35. The molecule has 24 heavy (non-hydrogen) atoms. The van der Waals surface area contributed by atoms with Crippen LogP contribution in [0.1, 0.15) is 13.3 Å². The van der Waals surface area contributed by atoms with Gasteiger partial charge in [-0.3, -0.25) is 9.52 Å². The predicted molar refractivity (Wildman–Crippen MR) is 83.2 cm³/mol. The molecule has 1 amide bonds. The van der Waals surface area contributed by atoms with E-state index in [1.807, 2.05) is 4.72 Å². The van der Waals surface area contributed by atoms with Gasteiger partial charge in [0.2, 0.25) is 11.8 Å². The van der Waals surface area contributed by atoms with Crippen LogP contribution in [0.5, 0.6) is 17.6 Å². The van der Waals surface area contributed by atoms with Gasteiger partial charge in [-0.15, -0.1) is 0 Å². The van der Waals surface area contributed by atoms with Crippen LogP contribution >= 0.6 is 0 Å². The topological polar surface area (TPSA) is 162 Å². The highest BCUT2D eigenvalue weighted by atomic mass is 32.2. The zero-order valence-corrected chi connectivity index (χ0v) is 13.2. The molecule has 0 aliphatic rings. The Morgan fingerprint density at radius 1 is 1.17 bits per heavy atom. The summed E-state index contributed by atoms with van der Waals surface area (Å²) in [5.41, 5.74) is -0.0712. The summed E-state index contributed by atoms with van der Waals surface area (Å²) in [4.78, 5) is 17.7. The average molecular weight is 354 g/mol. The third-order valence-electron chi connectivity index (χ3n) is 2.81. The number of phenols is 1. The highest BCUT2D eigenvalue weighted by Gasteiger charge is 2.18. The first-order chi connectivity index (χ1) is 11.2. The number of hydrogen-bond donors (Lipinski definition) is 5. The highest BCUT2D eigenvalue weighted by molar-refractivity contribution is 7.92. The van der Waals surface area contributed by atoms with Crippen molar-refractivity contribution >= 4 is 27.4 Å². The quantitative estimate of drug-likeness (QED) is 0.491. The SMILES string of the molecule is CCC(=O)Nc1cc(S(=O)(=O)Nc2cc(O)nc(O)n2)ccc1O. The second kappa shape index (κ2) is 6.58. The molecule has 0 aliphatic heterocycles. The summed E-state index contributed by atoms with van der Waals surface area (Å²) in [6, 6.07) is 3.37. The molecule has 0 fully saturated rings. The second-order valence-electron chi connectivity index (χ2n) is 4.60. The molecule has 1 aromatic heterocycles. The Kier molecular flexibility index (Phi) is 4.74. The Labute approximate surface area is 136 Å². The van der Waals surface area contributed by atoms with Crippen molar-refractivity contribution in [2.45, 2.75) is 18.2 Å². The van der Waals surface area contributed by atoms with Crippen molar-refractivity contribution in [2.24, 2.45) is 0 Å². The van der Waals surface area contributed by atoms with Crippen LogP contribution in [0.25, 0.3) is 0 Å². The van der Waals surface area contributed by atoms with Crippen LogP contribution in [0.4, 0.5) is 11.5 Å². The van der Waals surface area contributed by atoms with Crippen molar-refractivity contribution in [3.63, 3.8) is 0 Å². The van der Waals surface area contributed by atoms with E-state index in [-0.39, 0.29) is 28.6 Å². The Morgan fingerprint density at radius 2 is 1.88 bits per heavy atom. The fourth-order valence-electron chi connectivity index (χ4n) is 1.69. The van der Waals surface area contributed by atoms with Crippen LogP contribution < -0.4 is 10.0 Å². The van der Waals surface area contributed by atoms with Crippen molar-refractivity contribution < 1.29 is 28.5 Å². The van der Waals surface area contributed by atoms with E-state index in [0.717, 1.165) is 24.3 Å². The summed E-state index contributed by atoms with van der Waals surface area (Å²) < 4.78 is 26.7. The Bertz CT molecular complexity index is 864. The Morgan fingerprint density at radius 3 is 2.50 bits per heavy atom. The first kappa shape index (κ1) is 17.3. The molecule has 0 aliphatic carbocycles.